The molecule has 0 saturated carbocycles. The fourth-order valence-corrected chi connectivity index (χ4v) is 2.94. The maximum absolute atomic E-state index is 11.7. The fourth-order valence-electron chi connectivity index (χ4n) is 2.28. The number of carboxylic acid groups (broad SMARTS) is 1. The Labute approximate surface area is 136 Å². The number of hydrogen-bond donors (Lipinski definition) is 1. The summed E-state index contributed by atoms with van der Waals surface area (Å²) in [4.78, 5) is 11.7. The Hall–Kier alpha value is -1.88. The van der Waals surface area contributed by atoms with Gasteiger partial charge in [0.05, 0.1) is 22.8 Å². The van der Waals surface area contributed by atoms with Crippen molar-refractivity contribution >= 4 is 32.9 Å². The molecule has 0 aliphatic rings. The monoisotopic (exact) mass is 366 g/mol. The normalized spacial score (nSPS) is 11.0. The van der Waals surface area contributed by atoms with Gasteiger partial charge in [-0.15, -0.1) is 0 Å². The molecule has 1 aromatic heterocycles. The number of halogens is 1. The van der Waals surface area contributed by atoms with Crippen LogP contribution in [-0.2, 0) is 9.47 Å². The largest absolute Gasteiger partial charge is 0.464 e. The van der Waals surface area contributed by atoms with Gasteiger partial charge in [0.15, 0.2) is 6.29 Å². The van der Waals surface area contributed by atoms with Crippen LogP contribution >= 0.6 is 15.9 Å². The van der Waals surface area contributed by atoms with Crippen LogP contribution < -0.4 is 0 Å². The van der Waals surface area contributed by atoms with Crippen molar-refractivity contribution in [2.75, 3.05) is 13.2 Å². The lowest BCUT2D eigenvalue weighted by molar-refractivity contribution is -0.143. The molecule has 1 aromatic carbocycles. The van der Waals surface area contributed by atoms with Crippen LogP contribution in [0.1, 0.15) is 31.4 Å². The first-order valence-corrected chi connectivity index (χ1v) is 7.54. The van der Waals surface area contributed by atoms with E-state index in [1.165, 1.54) is 0 Å². The molecule has 0 unspecified atom stereocenters. The van der Waals surface area contributed by atoms with E-state index in [9.17, 15) is 9.90 Å². The number of carbonyl (C=O) groups is 1. The third-order valence-electron chi connectivity index (χ3n) is 3.08. The summed E-state index contributed by atoms with van der Waals surface area (Å²) in [6.07, 6.45) is -1.92. The standard InChI is InChI=1S/C15H15BrN2O4/c1-3-21-14(22-4-2)12-7-10-5-9(8-17)6-11(16)13(10)18(12)15(19)20/h5-7,14H,3-4H2,1-2H3,(H,19,20). The molecule has 0 bridgehead atoms. The quantitative estimate of drug-likeness (QED) is 0.811. The number of fused-ring (bicyclic) bond motifs is 1. The molecule has 0 radical (unpaired) electrons. The molecule has 116 valence electrons. The zero-order valence-electron chi connectivity index (χ0n) is 12.2. The van der Waals surface area contributed by atoms with Crippen LogP contribution in [0.15, 0.2) is 22.7 Å². The second-order valence-corrected chi connectivity index (χ2v) is 5.29. The number of hydrogen-bond acceptors (Lipinski definition) is 4. The lowest BCUT2D eigenvalue weighted by Crippen LogP contribution is -2.18. The van der Waals surface area contributed by atoms with Crippen molar-refractivity contribution in [3.8, 4) is 6.07 Å². The van der Waals surface area contributed by atoms with E-state index in [0.717, 1.165) is 4.57 Å². The number of ether oxygens (including phenoxy) is 2. The first-order chi connectivity index (χ1) is 10.5. The predicted octanol–water partition coefficient (Wildman–Crippen LogP) is 3.87. The van der Waals surface area contributed by atoms with Crippen LogP contribution in [0.25, 0.3) is 10.9 Å². The lowest BCUT2D eigenvalue weighted by atomic mass is 10.2. The molecule has 2 aromatic rings. The van der Waals surface area contributed by atoms with Crippen molar-refractivity contribution < 1.29 is 19.4 Å². The zero-order valence-corrected chi connectivity index (χ0v) is 13.8. The van der Waals surface area contributed by atoms with Gasteiger partial charge in [0.25, 0.3) is 0 Å². The molecule has 1 N–H and O–H groups in total. The molecule has 0 fully saturated rings. The minimum atomic E-state index is -1.14. The van der Waals surface area contributed by atoms with Gasteiger partial charge in [-0.05, 0) is 48.0 Å². The molecule has 0 aliphatic carbocycles. The molecule has 0 saturated heterocycles. The first-order valence-electron chi connectivity index (χ1n) is 6.74. The molecule has 1 heterocycles. The van der Waals surface area contributed by atoms with E-state index in [1.54, 1.807) is 18.2 Å². The van der Waals surface area contributed by atoms with Gasteiger partial charge >= 0.3 is 6.09 Å². The van der Waals surface area contributed by atoms with Crippen LogP contribution in [0.5, 0.6) is 0 Å². The van der Waals surface area contributed by atoms with E-state index in [2.05, 4.69) is 15.9 Å². The Kier molecular flexibility index (Phi) is 5.19. The fraction of sp³-hybridized carbons (Fsp3) is 0.333. The number of aromatic nitrogens is 1. The predicted molar refractivity (Wildman–Crippen MR) is 83.8 cm³/mol. The van der Waals surface area contributed by atoms with E-state index >= 15 is 0 Å². The third kappa shape index (κ3) is 2.99. The summed E-state index contributed by atoms with van der Waals surface area (Å²) in [6.45, 7) is 4.39. The second-order valence-electron chi connectivity index (χ2n) is 4.44. The van der Waals surface area contributed by atoms with E-state index in [4.69, 9.17) is 14.7 Å². The number of rotatable bonds is 5. The molecule has 22 heavy (non-hydrogen) atoms. The Balaban J connectivity index is 2.73. The summed E-state index contributed by atoms with van der Waals surface area (Å²) in [5.41, 5.74) is 1.28. The summed E-state index contributed by atoms with van der Waals surface area (Å²) >= 11 is 3.33. The second kappa shape index (κ2) is 6.92. The Morgan fingerprint density at radius 3 is 2.50 bits per heavy atom. The van der Waals surface area contributed by atoms with Gasteiger partial charge < -0.3 is 14.6 Å². The smallest absolute Gasteiger partial charge is 0.416 e. The highest BCUT2D eigenvalue weighted by Gasteiger charge is 2.24. The number of nitriles is 1. The Morgan fingerprint density at radius 2 is 2.00 bits per heavy atom. The van der Waals surface area contributed by atoms with Crippen molar-refractivity contribution in [1.82, 2.24) is 4.57 Å². The van der Waals surface area contributed by atoms with Gasteiger partial charge in [0, 0.05) is 23.1 Å². The molecular weight excluding hydrogens is 352 g/mol. The van der Waals surface area contributed by atoms with Crippen LogP contribution in [0.4, 0.5) is 4.79 Å². The van der Waals surface area contributed by atoms with E-state index < -0.39 is 12.4 Å². The summed E-state index contributed by atoms with van der Waals surface area (Å²) in [5.74, 6) is 0. The molecular formula is C15H15BrN2O4. The van der Waals surface area contributed by atoms with E-state index in [-0.39, 0.29) is 0 Å². The highest BCUT2D eigenvalue weighted by molar-refractivity contribution is 9.10. The van der Waals surface area contributed by atoms with Gasteiger partial charge in [0.2, 0.25) is 0 Å². The minimum Gasteiger partial charge on any atom is -0.464 e. The van der Waals surface area contributed by atoms with Crippen LogP contribution in [0, 0.1) is 11.3 Å². The molecule has 6 nitrogen and oxygen atoms in total. The van der Waals surface area contributed by atoms with Crippen molar-refractivity contribution in [3.05, 3.63) is 33.9 Å². The topological polar surface area (TPSA) is 84.5 Å². The maximum atomic E-state index is 11.7. The third-order valence-corrected chi connectivity index (χ3v) is 3.68. The van der Waals surface area contributed by atoms with Gasteiger partial charge in [-0.25, -0.2) is 9.36 Å². The first kappa shape index (κ1) is 16.5. The highest BCUT2D eigenvalue weighted by atomic mass is 79.9. The average Bonchev–Trinajstić information content (AvgIpc) is 2.86. The highest BCUT2D eigenvalue weighted by Crippen LogP contribution is 2.33. The Morgan fingerprint density at radius 1 is 1.36 bits per heavy atom. The molecule has 7 heteroatoms. The number of benzene rings is 1. The average molecular weight is 367 g/mol. The van der Waals surface area contributed by atoms with Crippen LogP contribution in [0.3, 0.4) is 0 Å². The number of nitrogens with zero attached hydrogens (tertiary/aromatic N) is 2. The van der Waals surface area contributed by atoms with Crippen molar-refractivity contribution in [2.24, 2.45) is 0 Å². The van der Waals surface area contributed by atoms with Gasteiger partial charge in [-0.2, -0.15) is 5.26 Å². The van der Waals surface area contributed by atoms with Gasteiger partial charge in [0.1, 0.15) is 0 Å². The SMILES string of the molecule is CCOC(OCC)c1cc2cc(C#N)cc(Br)c2n1C(=O)O. The molecule has 0 atom stereocenters. The Bertz CT molecular complexity index is 742. The molecule has 0 aliphatic heterocycles. The summed E-state index contributed by atoms with van der Waals surface area (Å²) in [7, 11) is 0. The minimum absolute atomic E-state index is 0.377. The van der Waals surface area contributed by atoms with Gasteiger partial charge in [-0.1, -0.05) is 0 Å². The van der Waals surface area contributed by atoms with Crippen LogP contribution in [-0.4, -0.2) is 29.0 Å². The summed E-state index contributed by atoms with van der Waals surface area (Å²) in [5, 5.41) is 19.2. The van der Waals surface area contributed by atoms with Crippen molar-refractivity contribution in [2.45, 2.75) is 20.1 Å². The molecule has 0 spiro atoms. The van der Waals surface area contributed by atoms with E-state index in [0.29, 0.717) is 39.8 Å². The van der Waals surface area contributed by atoms with Crippen molar-refractivity contribution in [1.29, 1.82) is 5.26 Å². The van der Waals surface area contributed by atoms with Crippen molar-refractivity contribution in [3.63, 3.8) is 0 Å². The summed E-state index contributed by atoms with van der Waals surface area (Å²) < 4.78 is 12.6. The van der Waals surface area contributed by atoms with Crippen LogP contribution in [0.2, 0.25) is 0 Å². The summed E-state index contributed by atoms with van der Waals surface area (Å²) in [6, 6.07) is 6.94. The molecule has 0 amide bonds. The van der Waals surface area contributed by atoms with E-state index in [1.807, 2.05) is 19.9 Å². The van der Waals surface area contributed by atoms with Gasteiger partial charge in [-0.3, -0.25) is 0 Å². The zero-order chi connectivity index (χ0) is 16.3. The maximum Gasteiger partial charge on any atom is 0.416 e. The molecule has 2 rings (SSSR count). The lowest BCUT2D eigenvalue weighted by Gasteiger charge is -2.17.